The van der Waals surface area contributed by atoms with Gasteiger partial charge in [0.2, 0.25) is 0 Å². The van der Waals surface area contributed by atoms with Crippen LogP contribution in [0.4, 0.5) is 5.69 Å². The average molecular weight is 279 g/mol. The number of nitrogens with zero attached hydrogens (tertiary/aromatic N) is 3. The van der Waals surface area contributed by atoms with E-state index in [0.29, 0.717) is 5.92 Å². The Morgan fingerprint density at radius 2 is 2.05 bits per heavy atom. The van der Waals surface area contributed by atoms with Gasteiger partial charge in [0.05, 0.1) is 0 Å². The van der Waals surface area contributed by atoms with Gasteiger partial charge in [-0.1, -0.05) is 13.0 Å². The molecule has 0 aromatic heterocycles. The zero-order valence-corrected chi connectivity index (χ0v) is 13.1. The van der Waals surface area contributed by atoms with Gasteiger partial charge in [-0.2, -0.15) is 10.5 Å². The number of rotatable bonds is 2. The predicted octanol–water partition coefficient (Wildman–Crippen LogP) is 4.23. The Balaban J connectivity index is 2.51. The zero-order chi connectivity index (χ0) is 15.6. The molecule has 0 fully saturated rings. The Labute approximate surface area is 127 Å². The van der Waals surface area contributed by atoms with E-state index < -0.39 is 0 Å². The third-order valence-corrected chi connectivity index (χ3v) is 4.28. The summed E-state index contributed by atoms with van der Waals surface area (Å²) in [5, 5.41) is 17.8. The predicted molar refractivity (Wildman–Crippen MR) is 85.8 cm³/mol. The van der Waals surface area contributed by atoms with Crippen LogP contribution in [0.25, 0.3) is 6.08 Å². The van der Waals surface area contributed by atoms with Crippen molar-refractivity contribution in [1.82, 2.24) is 0 Å². The van der Waals surface area contributed by atoms with Gasteiger partial charge in [-0.3, -0.25) is 0 Å². The molecular formula is C18H21N3. The van der Waals surface area contributed by atoms with Crippen LogP contribution in [0.2, 0.25) is 0 Å². The first-order valence-corrected chi connectivity index (χ1v) is 7.36. The smallest absolute Gasteiger partial charge is 0.130 e. The lowest BCUT2D eigenvalue weighted by Crippen LogP contribution is -2.48. The lowest BCUT2D eigenvalue weighted by molar-refractivity contribution is 0.381. The molecule has 3 nitrogen and oxygen atoms in total. The minimum Gasteiger partial charge on any atom is -0.366 e. The number of anilines is 1. The second-order valence-corrected chi connectivity index (χ2v) is 6.26. The number of benzene rings is 1. The Morgan fingerprint density at radius 1 is 1.38 bits per heavy atom. The van der Waals surface area contributed by atoms with Gasteiger partial charge in [-0.05, 0) is 62.4 Å². The number of nitriles is 2. The van der Waals surface area contributed by atoms with Crippen molar-refractivity contribution in [1.29, 1.82) is 10.5 Å². The van der Waals surface area contributed by atoms with Crippen LogP contribution in [0.1, 0.15) is 51.2 Å². The van der Waals surface area contributed by atoms with E-state index in [9.17, 15) is 0 Å². The molecule has 3 heteroatoms. The third kappa shape index (κ3) is 2.78. The van der Waals surface area contributed by atoms with Crippen LogP contribution in [0, 0.1) is 22.7 Å². The average Bonchev–Trinajstić information content (AvgIpc) is 2.44. The molecule has 1 atom stereocenters. The molecule has 1 aliphatic rings. The molecule has 108 valence electrons. The van der Waals surface area contributed by atoms with Crippen LogP contribution >= 0.6 is 0 Å². The molecule has 21 heavy (non-hydrogen) atoms. The molecule has 0 unspecified atom stereocenters. The molecule has 0 amide bonds. The van der Waals surface area contributed by atoms with Crippen LogP contribution in [-0.4, -0.2) is 12.1 Å². The lowest BCUT2D eigenvalue weighted by Gasteiger charge is -2.47. The van der Waals surface area contributed by atoms with E-state index >= 15 is 0 Å². The molecule has 1 aromatic rings. The zero-order valence-electron chi connectivity index (χ0n) is 13.1. The van der Waals surface area contributed by atoms with Crippen LogP contribution < -0.4 is 4.90 Å². The Kier molecular flexibility index (Phi) is 4.05. The summed E-state index contributed by atoms with van der Waals surface area (Å²) in [6.07, 6.45) is 2.76. The molecule has 0 saturated heterocycles. The van der Waals surface area contributed by atoms with Gasteiger partial charge in [0.15, 0.2) is 0 Å². The largest absolute Gasteiger partial charge is 0.366 e. The standard InChI is InChI=1S/C18H21N3/c1-5-21-17-7-6-14(8-15(11-19)12-20)9-16(17)13(2)10-18(21,3)4/h6-9,13H,5,10H2,1-4H3/t13-/m1/s1. The number of fused-ring (bicyclic) bond motifs is 1. The van der Waals surface area contributed by atoms with Crippen LogP contribution in [-0.2, 0) is 0 Å². The molecule has 0 aliphatic carbocycles. The van der Waals surface area contributed by atoms with Gasteiger partial charge < -0.3 is 4.90 Å². The van der Waals surface area contributed by atoms with Gasteiger partial charge >= 0.3 is 0 Å². The normalized spacial score (nSPS) is 19.1. The first-order chi connectivity index (χ1) is 9.92. The number of allylic oxidation sites excluding steroid dienone is 1. The highest BCUT2D eigenvalue weighted by molar-refractivity contribution is 5.68. The maximum Gasteiger partial charge on any atom is 0.130 e. The van der Waals surface area contributed by atoms with Gasteiger partial charge in [0, 0.05) is 17.8 Å². The molecule has 0 saturated carbocycles. The van der Waals surface area contributed by atoms with Crippen molar-refractivity contribution in [3.8, 4) is 12.1 Å². The molecule has 0 spiro atoms. The fraction of sp³-hybridized carbons (Fsp3) is 0.444. The highest BCUT2D eigenvalue weighted by atomic mass is 15.2. The van der Waals surface area contributed by atoms with E-state index in [4.69, 9.17) is 10.5 Å². The van der Waals surface area contributed by atoms with E-state index in [-0.39, 0.29) is 11.1 Å². The Hall–Kier alpha value is -2.26. The first-order valence-electron chi connectivity index (χ1n) is 7.36. The summed E-state index contributed by atoms with van der Waals surface area (Å²) in [5.41, 5.74) is 3.80. The molecule has 1 heterocycles. The fourth-order valence-electron chi connectivity index (χ4n) is 3.45. The molecule has 0 N–H and O–H groups in total. The minimum absolute atomic E-state index is 0.145. The highest BCUT2D eigenvalue weighted by Crippen LogP contribution is 2.43. The third-order valence-electron chi connectivity index (χ3n) is 4.28. The van der Waals surface area contributed by atoms with E-state index in [2.05, 4.69) is 44.7 Å². The summed E-state index contributed by atoms with van der Waals surface area (Å²) >= 11 is 0. The van der Waals surface area contributed by atoms with E-state index in [1.54, 1.807) is 6.08 Å². The van der Waals surface area contributed by atoms with Crippen molar-refractivity contribution >= 4 is 11.8 Å². The summed E-state index contributed by atoms with van der Waals surface area (Å²) in [7, 11) is 0. The molecule has 0 radical (unpaired) electrons. The summed E-state index contributed by atoms with van der Waals surface area (Å²) < 4.78 is 0. The monoisotopic (exact) mass is 279 g/mol. The van der Waals surface area contributed by atoms with Crippen molar-refractivity contribution in [3.05, 3.63) is 34.9 Å². The second kappa shape index (κ2) is 5.62. The van der Waals surface area contributed by atoms with Gasteiger partial charge in [-0.15, -0.1) is 0 Å². The maximum atomic E-state index is 8.88. The van der Waals surface area contributed by atoms with E-state index in [1.807, 2.05) is 18.2 Å². The molecule has 1 aromatic carbocycles. The quantitative estimate of drug-likeness (QED) is 0.761. The van der Waals surface area contributed by atoms with Crippen molar-refractivity contribution in [2.75, 3.05) is 11.4 Å². The number of hydrogen-bond acceptors (Lipinski definition) is 3. The fourth-order valence-corrected chi connectivity index (χ4v) is 3.45. The lowest BCUT2D eigenvalue weighted by atomic mass is 9.79. The highest BCUT2D eigenvalue weighted by Gasteiger charge is 2.35. The molecular weight excluding hydrogens is 258 g/mol. The number of hydrogen-bond donors (Lipinski definition) is 0. The van der Waals surface area contributed by atoms with Gasteiger partial charge in [0.25, 0.3) is 0 Å². The summed E-state index contributed by atoms with van der Waals surface area (Å²) in [4.78, 5) is 2.44. The Morgan fingerprint density at radius 3 is 2.62 bits per heavy atom. The van der Waals surface area contributed by atoms with E-state index in [0.717, 1.165) is 18.5 Å². The first kappa shape index (κ1) is 15.1. The topological polar surface area (TPSA) is 50.8 Å². The molecule has 1 aliphatic heterocycles. The second-order valence-electron chi connectivity index (χ2n) is 6.26. The summed E-state index contributed by atoms with van der Waals surface area (Å²) in [6, 6.07) is 10.1. The van der Waals surface area contributed by atoms with Crippen LogP contribution in [0.3, 0.4) is 0 Å². The van der Waals surface area contributed by atoms with Crippen LogP contribution in [0.15, 0.2) is 23.8 Å². The van der Waals surface area contributed by atoms with Crippen molar-refractivity contribution in [2.24, 2.45) is 0 Å². The SMILES string of the molecule is CCN1c2ccc(C=C(C#N)C#N)cc2[C@H](C)CC1(C)C. The van der Waals surface area contributed by atoms with Gasteiger partial charge in [-0.25, -0.2) is 0 Å². The molecule has 2 rings (SSSR count). The minimum atomic E-state index is 0.145. The van der Waals surface area contributed by atoms with Crippen molar-refractivity contribution in [3.63, 3.8) is 0 Å². The summed E-state index contributed by atoms with van der Waals surface area (Å²) in [5.74, 6) is 0.471. The maximum absolute atomic E-state index is 8.88. The van der Waals surface area contributed by atoms with Crippen LogP contribution in [0.5, 0.6) is 0 Å². The van der Waals surface area contributed by atoms with Crippen molar-refractivity contribution < 1.29 is 0 Å². The molecule has 0 bridgehead atoms. The van der Waals surface area contributed by atoms with E-state index in [1.165, 1.54) is 11.3 Å². The van der Waals surface area contributed by atoms with Gasteiger partial charge in [0.1, 0.15) is 17.7 Å². The summed E-state index contributed by atoms with van der Waals surface area (Å²) in [6.45, 7) is 9.97. The van der Waals surface area contributed by atoms with Crippen molar-refractivity contribution in [2.45, 2.75) is 45.6 Å². The Bertz CT molecular complexity index is 640.